The Labute approximate surface area is 188 Å². The van der Waals surface area contributed by atoms with Crippen LogP contribution in [0.2, 0.25) is 0 Å². The molecule has 4 aromatic rings. The molecule has 3 heterocycles. The summed E-state index contributed by atoms with van der Waals surface area (Å²) in [6.45, 7) is 4.13. The third-order valence-electron chi connectivity index (χ3n) is 5.25. The molecule has 0 spiro atoms. The van der Waals surface area contributed by atoms with Gasteiger partial charge >= 0.3 is 0 Å². The second-order valence-corrected chi connectivity index (χ2v) is 8.44. The molecule has 10 heteroatoms. The van der Waals surface area contributed by atoms with Gasteiger partial charge in [0.1, 0.15) is 12.4 Å². The number of rotatable bonds is 7. The highest BCUT2D eigenvalue weighted by Crippen LogP contribution is 2.29. The Kier molecular flexibility index (Phi) is 5.80. The van der Waals surface area contributed by atoms with Gasteiger partial charge in [-0.05, 0) is 6.07 Å². The number of imidazole rings is 1. The number of benzene rings is 2. The standard InChI is InChI=1S/C22H21N5O4S/c28-27(29)17-7-4-8-18(13-17)31-15-20-24-26-19(14-25-9-11-30-12-10-25)21(23-22(26)32-20)16-5-2-1-3-6-16/h1-8,13H,9-12,14-15H2. The molecular weight excluding hydrogens is 430 g/mol. The van der Waals surface area contributed by atoms with E-state index in [-0.39, 0.29) is 12.3 Å². The van der Waals surface area contributed by atoms with Crippen LogP contribution in [0.1, 0.15) is 10.7 Å². The molecule has 2 aromatic carbocycles. The third-order valence-corrected chi connectivity index (χ3v) is 6.14. The van der Waals surface area contributed by atoms with E-state index in [2.05, 4.69) is 17.0 Å². The Morgan fingerprint density at radius 2 is 1.94 bits per heavy atom. The molecule has 0 saturated carbocycles. The van der Waals surface area contributed by atoms with Crippen molar-refractivity contribution in [3.05, 3.63) is 75.4 Å². The highest BCUT2D eigenvalue weighted by Gasteiger charge is 2.21. The van der Waals surface area contributed by atoms with Crippen molar-refractivity contribution in [2.45, 2.75) is 13.2 Å². The molecule has 0 bridgehead atoms. The molecule has 9 nitrogen and oxygen atoms in total. The summed E-state index contributed by atoms with van der Waals surface area (Å²) in [4.78, 5) is 18.6. The second kappa shape index (κ2) is 9.03. The number of ether oxygens (including phenoxy) is 2. The van der Waals surface area contributed by atoms with Crippen molar-refractivity contribution in [1.29, 1.82) is 0 Å². The number of hydrogen-bond acceptors (Lipinski definition) is 8. The summed E-state index contributed by atoms with van der Waals surface area (Å²) < 4.78 is 13.1. The Hall–Kier alpha value is -3.34. The molecule has 0 amide bonds. The van der Waals surface area contributed by atoms with Crippen molar-refractivity contribution in [2.24, 2.45) is 0 Å². The van der Waals surface area contributed by atoms with E-state index in [0.717, 1.165) is 59.8 Å². The zero-order valence-corrected chi connectivity index (χ0v) is 18.0. The van der Waals surface area contributed by atoms with Crippen LogP contribution in [-0.2, 0) is 17.9 Å². The lowest BCUT2D eigenvalue weighted by Crippen LogP contribution is -2.36. The minimum Gasteiger partial charge on any atom is -0.486 e. The molecule has 1 fully saturated rings. The van der Waals surface area contributed by atoms with Crippen molar-refractivity contribution >= 4 is 22.0 Å². The van der Waals surface area contributed by atoms with Crippen molar-refractivity contribution < 1.29 is 14.4 Å². The van der Waals surface area contributed by atoms with Crippen LogP contribution in [0.25, 0.3) is 16.2 Å². The van der Waals surface area contributed by atoms with E-state index >= 15 is 0 Å². The van der Waals surface area contributed by atoms with E-state index in [4.69, 9.17) is 19.6 Å². The first-order valence-electron chi connectivity index (χ1n) is 10.3. The zero-order valence-electron chi connectivity index (χ0n) is 17.2. The normalized spacial score (nSPS) is 14.6. The Morgan fingerprint density at radius 1 is 1.12 bits per heavy atom. The molecule has 2 aromatic heterocycles. The number of hydrogen-bond donors (Lipinski definition) is 0. The molecule has 0 N–H and O–H groups in total. The molecule has 0 radical (unpaired) electrons. The molecule has 0 atom stereocenters. The Bertz CT molecular complexity index is 1230. The minimum absolute atomic E-state index is 0.00302. The fraction of sp³-hybridized carbons (Fsp3) is 0.273. The van der Waals surface area contributed by atoms with Gasteiger partial charge < -0.3 is 9.47 Å². The van der Waals surface area contributed by atoms with Gasteiger partial charge in [0.25, 0.3) is 5.69 Å². The zero-order chi connectivity index (χ0) is 21.9. The number of non-ortho nitro benzene ring substituents is 1. The quantitative estimate of drug-likeness (QED) is 0.312. The Balaban J connectivity index is 1.42. The second-order valence-electron chi connectivity index (χ2n) is 7.39. The first kappa shape index (κ1) is 20.6. The summed E-state index contributed by atoms with van der Waals surface area (Å²) in [5.74, 6) is 0.436. The van der Waals surface area contributed by atoms with Gasteiger partial charge in [-0.25, -0.2) is 9.50 Å². The van der Waals surface area contributed by atoms with Crippen LogP contribution in [-0.4, -0.2) is 50.7 Å². The van der Waals surface area contributed by atoms with Gasteiger partial charge in [0.15, 0.2) is 5.01 Å². The van der Waals surface area contributed by atoms with E-state index < -0.39 is 4.92 Å². The van der Waals surface area contributed by atoms with Gasteiger partial charge in [0.2, 0.25) is 4.96 Å². The smallest absolute Gasteiger partial charge is 0.273 e. The van der Waals surface area contributed by atoms with Crippen molar-refractivity contribution in [1.82, 2.24) is 19.5 Å². The maximum atomic E-state index is 11.0. The predicted octanol–water partition coefficient (Wildman–Crippen LogP) is 3.78. The molecule has 0 aliphatic carbocycles. The van der Waals surface area contributed by atoms with E-state index in [9.17, 15) is 10.1 Å². The molecular formula is C22H21N5O4S. The van der Waals surface area contributed by atoms with Gasteiger partial charge in [-0.1, -0.05) is 47.7 Å². The van der Waals surface area contributed by atoms with E-state index in [1.54, 1.807) is 12.1 Å². The van der Waals surface area contributed by atoms with Crippen LogP contribution in [0, 0.1) is 10.1 Å². The maximum absolute atomic E-state index is 11.0. The van der Waals surface area contributed by atoms with Crippen LogP contribution in [0.4, 0.5) is 5.69 Å². The average molecular weight is 452 g/mol. The molecule has 1 aliphatic rings. The van der Waals surface area contributed by atoms with Crippen molar-refractivity contribution in [3.8, 4) is 17.0 Å². The third kappa shape index (κ3) is 4.33. The van der Waals surface area contributed by atoms with Crippen molar-refractivity contribution in [3.63, 3.8) is 0 Å². The molecule has 164 valence electrons. The Morgan fingerprint density at radius 3 is 2.72 bits per heavy atom. The van der Waals surface area contributed by atoms with Crippen LogP contribution in [0.3, 0.4) is 0 Å². The summed E-state index contributed by atoms with van der Waals surface area (Å²) >= 11 is 1.46. The first-order valence-corrected chi connectivity index (χ1v) is 11.1. The highest BCUT2D eigenvalue weighted by atomic mass is 32.1. The molecule has 5 rings (SSSR count). The summed E-state index contributed by atoms with van der Waals surface area (Å²) in [5.41, 5.74) is 3.02. The number of morpholine rings is 1. The largest absolute Gasteiger partial charge is 0.486 e. The summed E-state index contributed by atoms with van der Waals surface area (Å²) in [5, 5.41) is 16.5. The molecule has 32 heavy (non-hydrogen) atoms. The summed E-state index contributed by atoms with van der Waals surface area (Å²) in [7, 11) is 0. The van der Waals surface area contributed by atoms with Gasteiger partial charge in [-0.3, -0.25) is 15.0 Å². The number of nitro groups is 1. The van der Waals surface area contributed by atoms with Crippen LogP contribution >= 0.6 is 11.3 Å². The van der Waals surface area contributed by atoms with Crippen LogP contribution in [0.5, 0.6) is 5.75 Å². The van der Waals surface area contributed by atoms with Gasteiger partial charge in [0.05, 0.1) is 35.6 Å². The molecule has 1 aliphatic heterocycles. The van der Waals surface area contributed by atoms with Gasteiger partial charge in [0, 0.05) is 31.3 Å². The number of nitro benzene ring substituents is 1. The lowest BCUT2D eigenvalue weighted by Gasteiger charge is -2.26. The minimum atomic E-state index is -0.437. The number of nitrogens with zero attached hydrogens (tertiary/aromatic N) is 5. The number of fused-ring (bicyclic) bond motifs is 1. The number of aromatic nitrogens is 3. The maximum Gasteiger partial charge on any atom is 0.273 e. The van der Waals surface area contributed by atoms with Gasteiger partial charge in [-0.2, -0.15) is 5.10 Å². The summed E-state index contributed by atoms with van der Waals surface area (Å²) in [6, 6.07) is 16.3. The topological polar surface area (TPSA) is 95.0 Å². The SMILES string of the molecule is O=[N+]([O-])c1cccc(OCc2nn3c(CN4CCOCC4)c(-c4ccccc4)nc3s2)c1. The summed E-state index contributed by atoms with van der Waals surface area (Å²) in [6.07, 6.45) is 0. The lowest BCUT2D eigenvalue weighted by atomic mass is 10.1. The lowest BCUT2D eigenvalue weighted by molar-refractivity contribution is -0.384. The van der Waals surface area contributed by atoms with E-state index in [1.165, 1.54) is 23.5 Å². The highest BCUT2D eigenvalue weighted by molar-refractivity contribution is 7.16. The van der Waals surface area contributed by atoms with Crippen LogP contribution in [0.15, 0.2) is 54.6 Å². The van der Waals surface area contributed by atoms with E-state index in [0.29, 0.717) is 5.75 Å². The predicted molar refractivity (Wildman–Crippen MR) is 120 cm³/mol. The van der Waals surface area contributed by atoms with Crippen molar-refractivity contribution in [2.75, 3.05) is 26.3 Å². The monoisotopic (exact) mass is 451 g/mol. The first-order chi connectivity index (χ1) is 15.7. The molecule has 0 unspecified atom stereocenters. The van der Waals surface area contributed by atoms with E-state index in [1.807, 2.05) is 22.7 Å². The van der Waals surface area contributed by atoms with Gasteiger partial charge in [-0.15, -0.1) is 0 Å². The van der Waals surface area contributed by atoms with Crippen LogP contribution < -0.4 is 4.74 Å². The fourth-order valence-electron chi connectivity index (χ4n) is 3.66. The fourth-order valence-corrected chi connectivity index (χ4v) is 4.49. The average Bonchev–Trinajstić information content (AvgIpc) is 3.38. The molecule has 1 saturated heterocycles.